The first kappa shape index (κ1) is 12.3. The summed E-state index contributed by atoms with van der Waals surface area (Å²) in [5.41, 5.74) is 9.85. The average Bonchev–Trinajstić information content (AvgIpc) is 2.38. The molecule has 0 aliphatic rings. The predicted molar refractivity (Wildman–Crippen MR) is 74.1 cm³/mol. The maximum absolute atomic E-state index is 5.77. The van der Waals surface area contributed by atoms with Crippen molar-refractivity contribution < 1.29 is 9.47 Å². The molecule has 0 fully saturated rings. The molecule has 0 aliphatic carbocycles. The number of benzene rings is 2. The molecule has 0 radical (unpaired) electrons. The van der Waals surface area contributed by atoms with Crippen molar-refractivity contribution in [1.82, 2.24) is 0 Å². The molecule has 18 heavy (non-hydrogen) atoms. The number of anilines is 1. The van der Waals surface area contributed by atoms with E-state index < -0.39 is 0 Å². The number of hydrogen-bond donors (Lipinski definition) is 1. The summed E-state index contributed by atoms with van der Waals surface area (Å²) in [5, 5.41) is 0. The molecule has 0 heterocycles. The summed E-state index contributed by atoms with van der Waals surface area (Å²) in [6, 6.07) is 11.7. The van der Waals surface area contributed by atoms with Crippen molar-refractivity contribution in [2.45, 2.75) is 6.92 Å². The van der Waals surface area contributed by atoms with E-state index in [9.17, 15) is 0 Å². The van der Waals surface area contributed by atoms with E-state index in [0.29, 0.717) is 0 Å². The van der Waals surface area contributed by atoms with Crippen molar-refractivity contribution in [2.24, 2.45) is 0 Å². The average molecular weight is 243 g/mol. The van der Waals surface area contributed by atoms with Gasteiger partial charge in [-0.3, -0.25) is 0 Å². The summed E-state index contributed by atoms with van der Waals surface area (Å²) in [6.07, 6.45) is 0. The van der Waals surface area contributed by atoms with Crippen LogP contribution in [-0.4, -0.2) is 14.2 Å². The van der Waals surface area contributed by atoms with E-state index >= 15 is 0 Å². The molecular weight excluding hydrogens is 226 g/mol. The van der Waals surface area contributed by atoms with Crippen LogP contribution in [0.15, 0.2) is 36.4 Å². The number of methoxy groups -OCH3 is 2. The number of rotatable bonds is 3. The van der Waals surface area contributed by atoms with Gasteiger partial charge in [-0.2, -0.15) is 0 Å². The van der Waals surface area contributed by atoms with Crippen molar-refractivity contribution in [3.63, 3.8) is 0 Å². The third-order valence-electron chi connectivity index (χ3n) is 2.91. The van der Waals surface area contributed by atoms with Gasteiger partial charge in [0, 0.05) is 11.8 Å². The Labute approximate surface area is 107 Å². The highest BCUT2D eigenvalue weighted by Gasteiger charge is 2.06. The van der Waals surface area contributed by atoms with Crippen LogP contribution in [0.2, 0.25) is 0 Å². The SMILES string of the molecule is COc1cc(OC)cc(-c2ccc(N)cc2C)c1. The maximum atomic E-state index is 5.77. The van der Waals surface area contributed by atoms with Gasteiger partial charge in [0.25, 0.3) is 0 Å². The Kier molecular flexibility index (Phi) is 3.42. The van der Waals surface area contributed by atoms with Crippen LogP contribution in [0.5, 0.6) is 11.5 Å². The van der Waals surface area contributed by atoms with E-state index in [-0.39, 0.29) is 0 Å². The fourth-order valence-electron chi connectivity index (χ4n) is 1.97. The van der Waals surface area contributed by atoms with Gasteiger partial charge in [-0.25, -0.2) is 0 Å². The number of hydrogen-bond acceptors (Lipinski definition) is 3. The van der Waals surface area contributed by atoms with Crippen molar-refractivity contribution in [2.75, 3.05) is 20.0 Å². The number of nitrogens with two attached hydrogens (primary N) is 1. The van der Waals surface area contributed by atoms with Crippen LogP contribution in [0.25, 0.3) is 11.1 Å². The lowest BCUT2D eigenvalue weighted by Gasteiger charge is -2.11. The highest BCUT2D eigenvalue weighted by molar-refractivity contribution is 5.72. The van der Waals surface area contributed by atoms with E-state index in [1.165, 1.54) is 0 Å². The number of ether oxygens (including phenoxy) is 2. The Bertz CT molecular complexity index is 542. The summed E-state index contributed by atoms with van der Waals surface area (Å²) >= 11 is 0. The summed E-state index contributed by atoms with van der Waals surface area (Å²) in [7, 11) is 3.29. The van der Waals surface area contributed by atoms with Gasteiger partial charge >= 0.3 is 0 Å². The van der Waals surface area contributed by atoms with E-state index in [4.69, 9.17) is 15.2 Å². The van der Waals surface area contributed by atoms with Crippen LogP contribution in [0, 0.1) is 6.92 Å². The van der Waals surface area contributed by atoms with Crippen LogP contribution in [0.3, 0.4) is 0 Å². The summed E-state index contributed by atoms with van der Waals surface area (Å²) < 4.78 is 10.6. The molecule has 2 rings (SSSR count). The van der Waals surface area contributed by atoms with Gasteiger partial charge in [-0.05, 0) is 47.9 Å². The fraction of sp³-hybridized carbons (Fsp3) is 0.200. The molecule has 3 heteroatoms. The third kappa shape index (κ3) is 2.40. The molecule has 0 atom stereocenters. The zero-order chi connectivity index (χ0) is 13.1. The van der Waals surface area contributed by atoms with Crippen LogP contribution >= 0.6 is 0 Å². The van der Waals surface area contributed by atoms with Gasteiger partial charge in [0.2, 0.25) is 0 Å². The van der Waals surface area contributed by atoms with Gasteiger partial charge in [-0.1, -0.05) is 6.07 Å². The van der Waals surface area contributed by atoms with Gasteiger partial charge < -0.3 is 15.2 Å². The molecule has 2 N–H and O–H groups in total. The quantitative estimate of drug-likeness (QED) is 0.841. The second-order valence-corrected chi connectivity index (χ2v) is 4.18. The smallest absolute Gasteiger partial charge is 0.123 e. The molecule has 2 aromatic carbocycles. The van der Waals surface area contributed by atoms with Crippen LogP contribution in [0.1, 0.15) is 5.56 Å². The summed E-state index contributed by atoms with van der Waals surface area (Å²) in [4.78, 5) is 0. The second-order valence-electron chi connectivity index (χ2n) is 4.18. The largest absolute Gasteiger partial charge is 0.497 e. The minimum Gasteiger partial charge on any atom is -0.497 e. The first-order valence-corrected chi connectivity index (χ1v) is 5.73. The molecule has 0 saturated heterocycles. The zero-order valence-electron chi connectivity index (χ0n) is 10.9. The second kappa shape index (κ2) is 5.00. The minimum absolute atomic E-state index is 0.770. The molecule has 0 unspecified atom stereocenters. The van der Waals surface area contributed by atoms with Crippen molar-refractivity contribution >= 4 is 5.69 Å². The Morgan fingerprint density at radius 3 is 2.00 bits per heavy atom. The molecule has 0 saturated carbocycles. The molecule has 3 nitrogen and oxygen atoms in total. The Balaban J connectivity index is 2.55. The summed E-state index contributed by atoms with van der Waals surface area (Å²) in [6.45, 7) is 2.04. The Hall–Kier alpha value is -2.16. The molecule has 0 amide bonds. The van der Waals surface area contributed by atoms with Gasteiger partial charge in [0.1, 0.15) is 11.5 Å². The zero-order valence-corrected chi connectivity index (χ0v) is 10.9. The monoisotopic (exact) mass is 243 g/mol. The molecule has 0 bridgehead atoms. The van der Waals surface area contributed by atoms with E-state index in [2.05, 4.69) is 0 Å². The number of aryl methyl sites for hydroxylation is 1. The van der Waals surface area contributed by atoms with E-state index in [1.54, 1.807) is 14.2 Å². The molecule has 94 valence electrons. The Morgan fingerprint density at radius 2 is 1.50 bits per heavy atom. The highest BCUT2D eigenvalue weighted by Crippen LogP contribution is 2.32. The van der Waals surface area contributed by atoms with Gasteiger partial charge in [-0.15, -0.1) is 0 Å². The molecule has 0 aromatic heterocycles. The molecule has 2 aromatic rings. The minimum atomic E-state index is 0.770. The standard InChI is InChI=1S/C15H17NO2/c1-10-6-12(16)4-5-15(10)11-7-13(17-2)9-14(8-11)18-3/h4-9H,16H2,1-3H3. The topological polar surface area (TPSA) is 44.5 Å². The Morgan fingerprint density at radius 1 is 0.889 bits per heavy atom. The first-order chi connectivity index (χ1) is 8.63. The first-order valence-electron chi connectivity index (χ1n) is 5.73. The molecule has 0 aliphatic heterocycles. The van der Waals surface area contributed by atoms with Crippen LogP contribution in [0.4, 0.5) is 5.69 Å². The lowest BCUT2D eigenvalue weighted by atomic mass is 9.99. The maximum Gasteiger partial charge on any atom is 0.123 e. The molecule has 0 spiro atoms. The van der Waals surface area contributed by atoms with Gasteiger partial charge in [0.15, 0.2) is 0 Å². The fourth-order valence-corrected chi connectivity index (χ4v) is 1.97. The van der Waals surface area contributed by atoms with Crippen molar-refractivity contribution in [3.8, 4) is 22.6 Å². The van der Waals surface area contributed by atoms with Crippen LogP contribution in [-0.2, 0) is 0 Å². The third-order valence-corrected chi connectivity index (χ3v) is 2.91. The van der Waals surface area contributed by atoms with Crippen molar-refractivity contribution in [3.05, 3.63) is 42.0 Å². The van der Waals surface area contributed by atoms with Gasteiger partial charge in [0.05, 0.1) is 14.2 Å². The van der Waals surface area contributed by atoms with Crippen LogP contribution < -0.4 is 15.2 Å². The highest BCUT2D eigenvalue weighted by atomic mass is 16.5. The van der Waals surface area contributed by atoms with E-state index in [1.807, 2.05) is 43.3 Å². The van der Waals surface area contributed by atoms with E-state index in [0.717, 1.165) is 33.9 Å². The number of nitrogen functional groups attached to an aromatic ring is 1. The summed E-state index contributed by atoms with van der Waals surface area (Å²) in [5.74, 6) is 1.56. The normalized spacial score (nSPS) is 10.2. The lowest BCUT2D eigenvalue weighted by molar-refractivity contribution is 0.394. The lowest BCUT2D eigenvalue weighted by Crippen LogP contribution is -1.91. The molecular formula is C15H17NO2. The predicted octanol–water partition coefficient (Wildman–Crippen LogP) is 3.26. The van der Waals surface area contributed by atoms with Crippen molar-refractivity contribution in [1.29, 1.82) is 0 Å².